The molecule has 0 aromatic carbocycles. The van der Waals surface area contributed by atoms with Crippen molar-refractivity contribution in [2.45, 2.75) is 110 Å². The van der Waals surface area contributed by atoms with Gasteiger partial charge in [-0.05, 0) is 107 Å². The van der Waals surface area contributed by atoms with E-state index in [2.05, 4.69) is 26.1 Å². The first-order valence-corrected chi connectivity index (χ1v) is 14.6. The van der Waals surface area contributed by atoms with Crippen LogP contribution in [0.3, 0.4) is 0 Å². The Bertz CT molecular complexity index is 846. The number of ether oxygens (including phenoxy) is 2. The van der Waals surface area contributed by atoms with Crippen molar-refractivity contribution < 1.29 is 29.0 Å². The fraction of sp³-hybridized carbons (Fsp3) is 0.900. The molecular weight excluding hydrogens is 470 g/mol. The monoisotopic (exact) mass is 519 g/mol. The summed E-state index contributed by atoms with van der Waals surface area (Å²) in [4.78, 5) is 36.5. The average molecular weight is 520 g/mol. The molecule has 0 aromatic heterocycles. The Balaban J connectivity index is 1.53. The van der Waals surface area contributed by atoms with Gasteiger partial charge in [-0.15, -0.1) is 0 Å². The summed E-state index contributed by atoms with van der Waals surface area (Å²) < 4.78 is 11.2. The van der Waals surface area contributed by atoms with E-state index in [1.54, 1.807) is 0 Å². The molecule has 0 radical (unpaired) electrons. The van der Waals surface area contributed by atoms with Crippen molar-refractivity contribution >= 4 is 18.7 Å². The fourth-order valence-corrected chi connectivity index (χ4v) is 9.38. The van der Waals surface area contributed by atoms with Gasteiger partial charge in [0.1, 0.15) is 18.0 Å². The van der Waals surface area contributed by atoms with Gasteiger partial charge in [-0.3, -0.25) is 14.4 Å². The van der Waals surface area contributed by atoms with Crippen LogP contribution in [-0.4, -0.2) is 54.7 Å². The molecule has 0 aliphatic heterocycles. The molecule has 210 valence electrons. The molecule has 0 saturated heterocycles. The van der Waals surface area contributed by atoms with Crippen LogP contribution >= 0.6 is 0 Å². The number of nitrogens with one attached hydrogen (secondary N) is 1. The maximum atomic E-state index is 13.8. The van der Waals surface area contributed by atoms with Crippen LogP contribution in [0, 0.1) is 46.3 Å². The fourth-order valence-electron chi connectivity index (χ4n) is 9.38. The minimum Gasteiger partial charge on any atom is -0.465 e. The van der Waals surface area contributed by atoms with E-state index in [1.165, 1.54) is 0 Å². The zero-order chi connectivity index (χ0) is 27.0. The van der Waals surface area contributed by atoms with Gasteiger partial charge in [0, 0.05) is 23.3 Å². The van der Waals surface area contributed by atoms with Gasteiger partial charge in [0.15, 0.2) is 0 Å². The summed E-state index contributed by atoms with van der Waals surface area (Å²) in [5, 5.41) is 12.9. The zero-order valence-electron chi connectivity index (χ0n) is 23.5. The van der Waals surface area contributed by atoms with Crippen LogP contribution in [0.2, 0.25) is 0 Å². The summed E-state index contributed by atoms with van der Waals surface area (Å²) in [6, 6.07) is 0. The second-order valence-electron chi connectivity index (χ2n) is 13.8. The molecule has 0 heterocycles. The van der Waals surface area contributed by atoms with Crippen LogP contribution in [0.15, 0.2) is 0 Å². The lowest BCUT2D eigenvalue weighted by Crippen LogP contribution is -2.61. The summed E-state index contributed by atoms with van der Waals surface area (Å²) in [5.41, 5.74) is -0.471. The number of fused-ring (bicyclic) bond motifs is 5. The summed E-state index contributed by atoms with van der Waals surface area (Å²) in [7, 11) is 0. The molecule has 37 heavy (non-hydrogen) atoms. The van der Waals surface area contributed by atoms with Gasteiger partial charge < -0.3 is 19.9 Å². The first kappa shape index (κ1) is 28.5. The Kier molecular flexibility index (Phi) is 8.45. The third-order valence-electron chi connectivity index (χ3n) is 11.6. The Labute approximate surface area is 222 Å². The number of carbonyl (C=O) groups is 3. The van der Waals surface area contributed by atoms with Crippen molar-refractivity contribution in [3.8, 4) is 0 Å². The smallest absolute Gasteiger partial charge is 0.293 e. The lowest BCUT2D eigenvalue weighted by Gasteiger charge is -2.61. The second kappa shape index (κ2) is 11.0. The highest BCUT2D eigenvalue weighted by molar-refractivity contribution is 5.83. The van der Waals surface area contributed by atoms with E-state index in [1.807, 2.05) is 13.8 Å². The standard InChI is InChI=1S/C30H49NO6/c1-19(7-6-12-31-28(2,3)16-32)22-8-9-23-27-24(15-26(37-18-34)30(22,23)5)29(4)11-10-21(36-17-33)13-20(29)14-25(27)35/h17-24,26-27,31-32H,6-16H2,1-5H3/t19-,20+,21-,22-,23?,24?,26+,27?,29+,30-/m1/s1. The highest BCUT2D eigenvalue weighted by Crippen LogP contribution is 2.68. The van der Waals surface area contributed by atoms with Gasteiger partial charge in [-0.2, -0.15) is 0 Å². The van der Waals surface area contributed by atoms with Gasteiger partial charge in [-0.25, -0.2) is 0 Å². The molecule has 7 heteroatoms. The van der Waals surface area contributed by atoms with E-state index in [9.17, 15) is 19.5 Å². The lowest BCUT2D eigenvalue weighted by molar-refractivity contribution is -0.192. The molecule has 3 unspecified atom stereocenters. The first-order valence-electron chi connectivity index (χ1n) is 14.6. The Morgan fingerprint density at radius 2 is 1.84 bits per heavy atom. The van der Waals surface area contributed by atoms with E-state index in [-0.39, 0.29) is 58.9 Å². The number of aliphatic hydroxyl groups is 1. The Morgan fingerprint density at radius 3 is 2.51 bits per heavy atom. The molecule has 4 aliphatic carbocycles. The molecule has 0 aromatic rings. The molecule has 4 rings (SSSR count). The normalized spacial score (nSPS) is 42.2. The van der Waals surface area contributed by atoms with Crippen LogP contribution in [0.4, 0.5) is 0 Å². The van der Waals surface area contributed by atoms with Crippen LogP contribution in [-0.2, 0) is 23.9 Å². The van der Waals surface area contributed by atoms with E-state index >= 15 is 0 Å². The minimum atomic E-state index is -0.275. The summed E-state index contributed by atoms with van der Waals surface area (Å²) in [6.07, 6.45) is 7.78. The van der Waals surface area contributed by atoms with Gasteiger partial charge in [0.25, 0.3) is 12.9 Å². The van der Waals surface area contributed by atoms with Crippen molar-refractivity contribution in [3.63, 3.8) is 0 Å². The second-order valence-corrected chi connectivity index (χ2v) is 13.8. The van der Waals surface area contributed by atoms with Crippen LogP contribution in [0.5, 0.6) is 0 Å². The van der Waals surface area contributed by atoms with E-state index in [0.29, 0.717) is 37.0 Å². The number of rotatable bonds is 11. The number of Topliss-reactive ketones (excluding diaryl/α,β-unsaturated/α-hetero) is 1. The van der Waals surface area contributed by atoms with E-state index in [4.69, 9.17) is 9.47 Å². The maximum Gasteiger partial charge on any atom is 0.293 e. The van der Waals surface area contributed by atoms with Gasteiger partial charge in [0.05, 0.1) is 6.61 Å². The molecule has 4 aliphatic rings. The predicted octanol–water partition coefficient (Wildman–Crippen LogP) is 4.29. The quantitative estimate of drug-likeness (QED) is 0.310. The molecule has 0 bridgehead atoms. The number of ketones is 1. The summed E-state index contributed by atoms with van der Waals surface area (Å²) >= 11 is 0. The van der Waals surface area contributed by atoms with E-state index < -0.39 is 0 Å². The summed E-state index contributed by atoms with van der Waals surface area (Å²) in [5.74, 6) is 1.94. The number of hydrogen-bond donors (Lipinski definition) is 2. The number of carbonyl (C=O) groups excluding carboxylic acids is 3. The lowest BCUT2D eigenvalue weighted by atomic mass is 9.43. The molecule has 10 atom stereocenters. The zero-order valence-corrected chi connectivity index (χ0v) is 23.5. The molecular formula is C30H49NO6. The van der Waals surface area contributed by atoms with E-state index in [0.717, 1.165) is 57.9 Å². The third kappa shape index (κ3) is 5.11. The van der Waals surface area contributed by atoms with Gasteiger partial charge in [-0.1, -0.05) is 20.8 Å². The highest BCUT2D eigenvalue weighted by atomic mass is 16.5. The van der Waals surface area contributed by atoms with Crippen LogP contribution in [0.1, 0.15) is 92.4 Å². The van der Waals surface area contributed by atoms with Crippen molar-refractivity contribution in [2.75, 3.05) is 13.2 Å². The summed E-state index contributed by atoms with van der Waals surface area (Å²) in [6.45, 7) is 13.1. The number of hydrogen-bond acceptors (Lipinski definition) is 7. The SMILES string of the molecule is C[C@H](CCCNC(C)(C)CO)[C@H]1CCC2C3C(=O)C[C@@H]4C[C@H](OC=O)CC[C@]4(C)C3C[C@H](OC=O)[C@@]21C. The first-order chi connectivity index (χ1) is 17.5. The van der Waals surface area contributed by atoms with Crippen LogP contribution < -0.4 is 5.32 Å². The molecule has 0 amide bonds. The van der Waals surface area contributed by atoms with Gasteiger partial charge >= 0.3 is 0 Å². The topological polar surface area (TPSA) is 102 Å². The van der Waals surface area contributed by atoms with Crippen LogP contribution in [0.25, 0.3) is 0 Å². The molecule has 7 nitrogen and oxygen atoms in total. The van der Waals surface area contributed by atoms with Crippen molar-refractivity contribution in [2.24, 2.45) is 46.3 Å². The molecule has 2 N–H and O–H groups in total. The predicted molar refractivity (Wildman–Crippen MR) is 140 cm³/mol. The molecule has 4 fully saturated rings. The molecule has 4 saturated carbocycles. The Morgan fingerprint density at radius 1 is 1.11 bits per heavy atom. The largest absolute Gasteiger partial charge is 0.465 e. The van der Waals surface area contributed by atoms with Crippen molar-refractivity contribution in [1.82, 2.24) is 5.32 Å². The maximum absolute atomic E-state index is 13.8. The average Bonchev–Trinajstić information content (AvgIpc) is 3.21. The molecule has 0 spiro atoms. The third-order valence-corrected chi connectivity index (χ3v) is 11.6. The number of aliphatic hydroxyl groups excluding tert-OH is 1. The highest BCUT2D eigenvalue weighted by Gasteiger charge is 2.66. The van der Waals surface area contributed by atoms with Crippen molar-refractivity contribution in [1.29, 1.82) is 0 Å². The van der Waals surface area contributed by atoms with Gasteiger partial charge in [0.2, 0.25) is 0 Å². The minimum absolute atomic E-state index is 0.00201. The Hall–Kier alpha value is -1.47. The van der Waals surface area contributed by atoms with Crippen molar-refractivity contribution in [3.05, 3.63) is 0 Å².